The highest BCUT2D eigenvalue weighted by atomic mass is 35.5. The minimum Gasteiger partial charge on any atom is -0.232 e. The van der Waals surface area contributed by atoms with E-state index in [9.17, 15) is 0 Å². The van der Waals surface area contributed by atoms with E-state index in [1.807, 2.05) is 43.5 Å². The van der Waals surface area contributed by atoms with Crippen molar-refractivity contribution in [3.8, 4) is 11.3 Å². The van der Waals surface area contributed by atoms with Crippen molar-refractivity contribution in [3.63, 3.8) is 0 Å². The van der Waals surface area contributed by atoms with Gasteiger partial charge in [0, 0.05) is 11.1 Å². The van der Waals surface area contributed by atoms with Gasteiger partial charge in [0.2, 0.25) is 0 Å². The van der Waals surface area contributed by atoms with Crippen LogP contribution in [0.15, 0.2) is 30.3 Å². The van der Waals surface area contributed by atoms with Crippen LogP contribution in [-0.4, -0.2) is 16.2 Å². The van der Waals surface area contributed by atoms with Crippen LogP contribution in [0.3, 0.4) is 0 Å². The zero-order valence-electron chi connectivity index (χ0n) is 9.77. The van der Waals surface area contributed by atoms with Gasteiger partial charge >= 0.3 is 0 Å². The predicted molar refractivity (Wildman–Crippen MR) is 74.4 cm³/mol. The number of halogens is 1. The second-order valence-corrected chi connectivity index (χ2v) is 4.93. The molecule has 0 atom stereocenters. The molecule has 0 bridgehead atoms. The van der Waals surface area contributed by atoms with E-state index in [1.165, 1.54) is 0 Å². The molecule has 17 heavy (non-hydrogen) atoms. The fourth-order valence-electron chi connectivity index (χ4n) is 1.60. The summed E-state index contributed by atoms with van der Waals surface area (Å²) in [4.78, 5) is 8.86. The Hall–Kier alpha value is -1.06. The number of aromatic nitrogens is 2. The molecular weight excluding hydrogens is 252 g/mol. The lowest BCUT2D eigenvalue weighted by atomic mass is 10.1. The maximum absolute atomic E-state index is 6.14. The molecule has 1 aromatic heterocycles. The van der Waals surface area contributed by atoms with Crippen LogP contribution in [0, 0.1) is 6.92 Å². The van der Waals surface area contributed by atoms with E-state index in [0.29, 0.717) is 5.15 Å². The molecule has 2 aromatic rings. The van der Waals surface area contributed by atoms with Crippen molar-refractivity contribution < 1.29 is 0 Å². The highest BCUT2D eigenvalue weighted by Crippen LogP contribution is 2.26. The first-order valence-electron chi connectivity index (χ1n) is 5.29. The van der Waals surface area contributed by atoms with Crippen LogP contribution in [0.5, 0.6) is 0 Å². The lowest BCUT2D eigenvalue weighted by Crippen LogP contribution is -1.99. The van der Waals surface area contributed by atoms with Gasteiger partial charge in [-0.05, 0) is 13.2 Å². The quantitative estimate of drug-likeness (QED) is 0.785. The van der Waals surface area contributed by atoms with E-state index < -0.39 is 0 Å². The standard InChI is InChI=1S/C13H13ClN2S/c1-9-12(10-6-4-3-5-7-10)15-11(8-17-2)16-13(9)14/h3-7H,8H2,1-2H3. The number of thioether (sulfide) groups is 1. The van der Waals surface area contributed by atoms with Crippen LogP contribution in [-0.2, 0) is 5.75 Å². The van der Waals surface area contributed by atoms with Crippen LogP contribution >= 0.6 is 23.4 Å². The van der Waals surface area contributed by atoms with E-state index >= 15 is 0 Å². The molecule has 0 unspecified atom stereocenters. The minimum absolute atomic E-state index is 0.544. The van der Waals surface area contributed by atoms with Crippen molar-refractivity contribution in [1.29, 1.82) is 0 Å². The summed E-state index contributed by atoms with van der Waals surface area (Å²) in [7, 11) is 0. The third-order valence-corrected chi connectivity index (χ3v) is 3.37. The third kappa shape index (κ3) is 2.79. The predicted octanol–water partition coefficient (Wildman–Crippen LogP) is 3.97. The molecule has 0 N–H and O–H groups in total. The topological polar surface area (TPSA) is 25.8 Å². The maximum atomic E-state index is 6.14. The van der Waals surface area contributed by atoms with Gasteiger partial charge in [-0.1, -0.05) is 41.9 Å². The molecule has 0 aliphatic carbocycles. The molecule has 0 saturated heterocycles. The summed E-state index contributed by atoms with van der Waals surface area (Å²) in [5.74, 6) is 1.56. The molecule has 1 aromatic carbocycles. The molecule has 0 aliphatic rings. The number of hydrogen-bond donors (Lipinski definition) is 0. The van der Waals surface area contributed by atoms with Crippen molar-refractivity contribution in [2.45, 2.75) is 12.7 Å². The van der Waals surface area contributed by atoms with Gasteiger partial charge in [0.15, 0.2) is 0 Å². The summed E-state index contributed by atoms with van der Waals surface area (Å²) in [5, 5.41) is 0.544. The number of benzene rings is 1. The lowest BCUT2D eigenvalue weighted by molar-refractivity contribution is 1.02. The van der Waals surface area contributed by atoms with Gasteiger partial charge in [-0.25, -0.2) is 9.97 Å². The summed E-state index contributed by atoms with van der Waals surface area (Å²) in [6, 6.07) is 10.1. The van der Waals surface area contributed by atoms with Crippen molar-refractivity contribution in [1.82, 2.24) is 9.97 Å². The van der Waals surface area contributed by atoms with Crippen molar-refractivity contribution in [2.75, 3.05) is 6.26 Å². The number of hydrogen-bond acceptors (Lipinski definition) is 3. The SMILES string of the molecule is CSCc1nc(Cl)c(C)c(-c2ccccc2)n1. The second kappa shape index (κ2) is 5.52. The van der Waals surface area contributed by atoms with Crippen LogP contribution < -0.4 is 0 Å². The zero-order valence-corrected chi connectivity index (χ0v) is 11.3. The molecule has 0 radical (unpaired) electrons. The Morgan fingerprint density at radius 1 is 1.18 bits per heavy atom. The molecule has 0 spiro atoms. The molecule has 0 amide bonds. The van der Waals surface area contributed by atoms with Crippen molar-refractivity contribution in [3.05, 3.63) is 46.9 Å². The monoisotopic (exact) mass is 264 g/mol. The van der Waals surface area contributed by atoms with Gasteiger partial charge in [0.05, 0.1) is 11.4 Å². The van der Waals surface area contributed by atoms with Crippen molar-refractivity contribution in [2.24, 2.45) is 0 Å². The second-order valence-electron chi connectivity index (χ2n) is 3.70. The molecule has 0 fully saturated rings. The van der Waals surface area contributed by atoms with E-state index in [0.717, 1.165) is 28.4 Å². The molecule has 1 heterocycles. The minimum atomic E-state index is 0.544. The fourth-order valence-corrected chi connectivity index (χ4v) is 2.18. The first kappa shape index (κ1) is 12.4. The van der Waals surface area contributed by atoms with Gasteiger partial charge in [0.1, 0.15) is 11.0 Å². The van der Waals surface area contributed by atoms with E-state index in [2.05, 4.69) is 9.97 Å². The average Bonchev–Trinajstić information content (AvgIpc) is 2.35. The Morgan fingerprint density at radius 2 is 1.88 bits per heavy atom. The normalized spacial score (nSPS) is 10.5. The van der Waals surface area contributed by atoms with Gasteiger partial charge in [0.25, 0.3) is 0 Å². The van der Waals surface area contributed by atoms with Gasteiger partial charge < -0.3 is 0 Å². The zero-order chi connectivity index (χ0) is 12.3. The molecule has 88 valence electrons. The van der Waals surface area contributed by atoms with E-state index in [-0.39, 0.29) is 0 Å². The average molecular weight is 265 g/mol. The van der Waals surface area contributed by atoms with Crippen LogP contribution in [0.4, 0.5) is 0 Å². The lowest BCUT2D eigenvalue weighted by Gasteiger charge is -2.08. The van der Waals surface area contributed by atoms with Crippen molar-refractivity contribution >= 4 is 23.4 Å². The molecule has 4 heteroatoms. The molecule has 2 rings (SSSR count). The Morgan fingerprint density at radius 3 is 2.53 bits per heavy atom. The number of nitrogens with zero attached hydrogens (tertiary/aromatic N) is 2. The number of rotatable bonds is 3. The highest BCUT2D eigenvalue weighted by molar-refractivity contribution is 7.97. The first-order chi connectivity index (χ1) is 8.22. The Balaban J connectivity index is 2.53. The van der Waals surface area contributed by atoms with Crippen LogP contribution in [0.25, 0.3) is 11.3 Å². The fraction of sp³-hybridized carbons (Fsp3) is 0.231. The van der Waals surface area contributed by atoms with Crippen LogP contribution in [0.2, 0.25) is 5.15 Å². The van der Waals surface area contributed by atoms with Crippen LogP contribution in [0.1, 0.15) is 11.4 Å². The third-order valence-electron chi connectivity index (χ3n) is 2.45. The van der Waals surface area contributed by atoms with Gasteiger partial charge in [-0.2, -0.15) is 11.8 Å². The first-order valence-corrected chi connectivity index (χ1v) is 7.07. The van der Waals surface area contributed by atoms with Gasteiger partial charge in [-0.15, -0.1) is 0 Å². The summed E-state index contributed by atoms with van der Waals surface area (Å²) >= 11 is 7.83. The Labute approximate surface area is 110 Å². The van der Waals surface area contributed by atoms with E-state index in [4.69, 9.17) is 11.6 Å². The molecule has 0 aliphatic heterocycles. The van der Waals surface area contributed by atoms with Gasteiger partial charge in [-0.3, -0.25) is 0 Å². The summed E-state index contributed by atoms with van der Waals surface area (Å²) < 4.78 is 0. The Bertz CT molecular complexity index is 514. The molecule has 0 saturated carbocycles. The summed E-state index contributed by atoms with van der Waals surface area (Å²) in [6.07, 6.45) is 2.03. The molecular formula is C13H13ClN2S. The Kier molecular flexibility index (Phi) is 4.02. The smallest absolute Gasteiger partial charge is 0.140 e. The highest BCUT2D eigenvalue weighted by Gasteiger charge is 2.10. The summed E-state index contributed by atoms with van der Waals surface area (Å²) in [6.45, 7) is 1.95. The van der Waals surface area contributed by atoms with E-state index in [1.54, 1.807) is 11.8 Å². The maximum Gasteiger partial charge on any atom is 0.140 e. The summed E-state index contributed by atoms with van der Waals surface area (Å²) in [5.41, 5.74) is 2.94. The molecule has 2 nitrogen and oxygen atoms in total. The largest absolute Gasteiger partial charge is 0.232 e.